The molecule has 1 fully saturated rings. The third-order valence-electron chi connectivity index (χ3n) is 4.13. The fraction of sp³-hybridized carbons (Fsp3) is 0.400. The van der Waals surface area contributed by atoms with Gasteiger partial charge in [-0.1, -0.05) is 35.3 Å². The third-order valence-corrected chi connectivity index (χ3v) is 5.79. The predicted molar refractivity (Wildman–Crippen MR) is 88.2 cm³/mol. The van der Waals surface area contributed by atoms with Gasteiger partial charge in [-0.2, -0.15) is 0 Å². The van der Waals surface area contributed by atoms with E-state index in [1.165, 1.54) is 30.6 Å². The lowest BCUT2D eigenvalue weighted by atomic mass is 9.70. The van der Waals surface area contributed by atoms with Gasteiger partial charge in [0.05, 0.1) is 5.69 Å². The number of nitrogens with one attached hydrogen (secondary N) is 1. The van der Waals surface area contributed by atoms with Gasteiger partial charge in [0.2, 0.25) is 0 Å². The van der Waals surface area contributed by atoms with Gasteiger partial charge in [0.25, 0.3) is 5.91 Å². The van der Waals surface area contributed by atoms with E-state index in [-0.39, 0.29) is 11.3 Å². The molecular weight excluding hydrogens is 336 g/mol. The third kappa shape index (κ3) is 2.44. The van der Waals surface area contributed by atoms with Crippen molar-refractivity contribution in [1.82, 2.24) is 5.32 Å². The number of hydrogen-bond acceptors (Lipinski definition) is 3. The Hall–Kier alpha value is -1.07. The second-order valence-corrected chi connectivity index (χ2v) is 7.80. The molecule has 0 atom stereocenters. The van der Waals surface area contributed by atoms with Crippen LogP contribution < -0.4 is 11.1 Å². The number of fused-ring (bicyclic) bond motifs is 1. The summed E-state index contributed by atoms with van der Waals surface area (Å²) in [6.45, 7) is 2.96. The predicted octanol–water partition coefficient (Wildman–Crippen LogP) is 4.17. The van der Waals surface area contributed by atoms with Crippen molar-refractivity contribution in [2.24, 2.45) is 5.41 Å². The molecule has 1 heterocycles. The molecule has 1 amide bonds. The maximum Gasteiger partial charge on any atom is 0.263 e. The molecule has 0 radical (unpaired) electrons. The minimum Gasteiger partial charge on any atom is -0.397 e. The van der Waals surface area contributed by atoms with Gasteiger partial charge in [0, 0.05) is 21.1 Å². The largest absolute Gasteiger partial charge is 0.397 e. The van der Waals surface area contributed by atoms with Crippen molar-refractivity contribution < 1.29 is 4.79 Å². The summed E-state index contributed by atoms with van der Waals surface area (Å²) in [6, 6.07) is 5.90. The van der Waals surface area contributed by atoms with Crippen LogP contribution in [0.25, 0.3) is 10.1 Å². The van der Waals surface area contributed by atoms with Crippen molar-refractivity contribution >= 4 is 48.9 Å². The lowest BCUT2D eigenvalue weighted by Crippen LogP contribution is -2.39. The van der Waals surface area contributed by atoms with Crippen LogP contribution in [0.5, 0.6) is 0 Å². The fourth-order valence-electron chi connectivity index (χ4n) is 2.59. The number of anilines is 1. The van der Waals surface area contributed by atoms with Crippen molar-refractivity contribution in [2.45, 2.75) is 26.2 Å². The number of nitrogen functional groups attached to an aromatic ring is 1. The maximum atomic E-state index is 12.3. The molecule has 3 nitrogen and oxygen atoms in total. The highest BCUT2D eigenvalue weighted by atomic mass is 79.9. The van der Waals surface area contributed by atoms with Gasteiger partial charge in [0.15, 0.2) is 0 Å². The summed E-state index contributed by atoms with van der Waals surface area (Å²) in [6.07, 6.45) is 3.66. The molecule has 106 valence electrons. The van der Waals surface area contributed by atoms with Crippen molar-refractivity contribution in [3.63, 3.8) is 0 Å². The lowest BCUT2D eigenvalue weighted by Gasteiger charge is -2.38. The topological polar surface area (TPSA) is 55.1 Å². The first-order valence-corrected chi connectivity index (χ1v) is 8.35. The van der Waals surface area contributed by atoms with Gasteiger partial charge < -0.3 is 11.1 Å². The fourth-order valence-corrected chi connectivity index (χ4v) is 4.18. The smallest absolute Gasteiger partial charge is 0.263 e. The molecule has 0 saturated heterocycles. The van der Waals surface area contributed by atoms with Crippen LogP contribution in [0.15, 0.2) is 22.7 Å². The molecule has 3 N–H and O–H groups in total. The molecule has 3 rings (SSSR count). The van der Waals surface area contributed by atoms with Crippen LogP contribution >= 0.6 is 27.3 Å². The Morgan fingerprint density at radius 1 is 1.50 bits per heavy atom. The van der Waals surface area contributed by atoms with Gasteiger partial charge in [-0.3, -0.25) is 4.79 Å². The number of thiophene rings is 1. The van der Waals surface area contributed by atoms with Crippen LogP contribution in [0.3, 0.4) is 0 Å². The summed E-state index contributed by atoms with van der Waals surface area (Å²) in [5, 5.41) is 3.99. The molecule has 1 aliphatic rings. The van der Waals surface area contributed by atoms with Crippen LogP contribution in [0.1, 0.15) is 35.9 Å². The monoisotopic (exact) mass is 352 g/mol. The number of nitrogens with two attached hydrogens (primary N) is 1. The summed E-state index contributed by atoms with van der Waals surface area (Å²) in [7, 11) is 0. The lowest BCUT2D eigenvalue weighted by molar-refractivity contribution is 0.0895. The quantitative estimate of drug-likeness (QED) is 0.870. The molecule has 1 aliphatic carbocycles. The Bertz CT molecular complexity index is 676. The molecule has 1 saturated carbocycles. The van der Waals surface area contributed by atoms with Crippen LogP contribution in [0.4, 0.5) is 5.69 Å². The first-order valence-electron chi connectivity index (χ1n) is 6.74. The zero-order valence-electron chi connectivity index (χ0n) is 11.3. The average Bonchev–Trinajstić information content (AvgIpc) is 2.70. The van der Waals surface area contributed by atoms with E-state index in [4.69, 9.17) is 5.73 Å². The second kappa shape index (κ2) is 5.04. The molecule has 0 aliphatic heterocycles. The number of amides is 1. The van der Waals surface area contributed by atoms with Crippen LogP contribution in [-0.4, -0.2) is 12.5 Å². The Labute approximate surface area is 130 Å². The van der Waals surface area contributed by atoms with E-state index >= 15 is 0 Å². The van der Waals surface area contributed by atoms with E-state index in [0.717, 1.165) is 21.1 Å². The molecular formula is C15H17BrN2OS. The number of halogens is 1. The molecule has 0 spiro atoms. The Morgan fingerprint density at radius 3 is 2.90 bits per heavy atom. The SMILES string of the molecule is CC1(CNC(=O)c2sc3cc(Br)ccc3c2N)CCC1. The summed E-state index contributed by atoms with van der Waals surface area (Å²) < 4.78 is 2.04. The molecule has 0 unspecified atom stereocenters. The zero-order chi connectivity index (χ0) is 14.3. The normalized spacial score (nSPS) is 16.9. The van der Waals surface area contributed by atoms with Crippen LogP contribution in [0, 0.1) is 5.41 Å². The second-order valence-electron chi connectivity index (χ2n) is 5.83. The van der Waals surface area contributed by atoms with Crippen molar-refractivity contribution in [3.8, 4) is 0 Å². The number of hydrogen-bond donors (Lipinski definition) is 2. The Balaban J connectivity index is 1.82. The average molecular weight is 353 g/mol. The van der Waals surface area contributed by atoms with Crippen molar-refractivity contribution in [3.05, 3.63) is 27.5 Å². The summed E-state index contributed by atoms with van der Waals surface area (Å²) in [5.74, 6) is -0.0482. The standard InChI is InChI=1S/C15H17BrN2OS/c1-15(5-2-6-15)8-18-14(19)13-12(17)10-4-3-9(16)7-11(10)20-13/h3-4,7H,2,5-6,8,17H2,1H3,(H,18,19). The molecule has 0 bridgehead atoms. The number of rotatable bonds is 3. The highest BCUT2D eigenvalue weighted by Gasteiger charge is 2.32. The van der Waals surface area contributed by atoms with E-state index < -0.39 is 0 Å². The first-order chi connectivity index (χ1) is 9.48. The van der Waals surface area contributed by atoms with Crippen molar-refractivity contribution in [2.75, 3.05) is 12.3 Å². The van der Waals surface area contributed by atoms with Gasteiger partial charge >= 0.3 is 0 Å². The zero-order valence-corrected chi connectivity index (χ0v) is 13.7. The van der Waals surface area contributed by atoms with Gasteiger partial charge in [-0.05, 0) is 30.4 Å². The number of carbonyl (C=O) groups is 1. The maximum absolute atomic E-state index is 12.3. The van der Waals surface area contributed by atoms with Gasteiger partial charge in [-0.15, -0.1) is 11.3 Å². The first kappa shape index (κ1) is 13.9. The molecule has 20 heavy (non-hydrogen) atoms. The molecule has 1 aromatic heterocycles. The Morgan fingerprint density at radius 2 is 2.25 bits per heavy atom. The Kier molecular flexibility index (Phi) is 3.50. The molecule has 5 heteroatoms. The van der Waals surface area contributed by atoms with Crippen molar-refractivity contribution in [1.29, 1.82) is 0 Å². The minimum absolute atomic E-state index is 0.0482. The van der Waals surface area contributed by atoms with E-state index in [1.807, 2.05) is 18.2 Å². The van der Waals surface area contributed by atoms with Gasteiger partial charge in [0.1, 0.15) is 4.88 Å². The number of benzene rings is 1. The van der Waals surface area contributed by atoms with E-state index in [9.17, 15) is 4.79 Å². The summed E-state index contributed by atoms with van der Waals surface area (Å²) in [4.78, 5) is 12.9. The number of carbonyl (C=O) groups excluding carboxylic acids is 1. The highest BCUT2D eigenvalue weighted by Crippen LogP contribution is 2.40. The highest BCUT2D eigenvalue weighted by molar-refractivity contribution is 9.10. The molecule has 1 aromatic carbocycles. The molecule has 2 aromatic rings. The summed E-state index contributed by atoms with van der Waals surface area (Å²) in [5.41, 5.74) is 6.98. The van der Waals surface area contributed by atoms with Crippen LogP contribution in [-0.2, 0) is 0 Å². The minimum atomic E-state index is -0.0482. The van der Waals surface area contributed by atoms with E-state index in [1.54, 1.807) is 0 Å². The van der Waals surface area contributed by atoms with E-state index in [2.05, 4.69) is 28.2 Å². The van der Waals surface area contributed by atoms with E-state index in [0.29, 0.717) is 10.6 Å². The summed E-state index contributed by atoms with van der Waals surface area (Å²) >= 11 is 4.90. The van der Waals surface area contributed by atoms with Gasteiger partial charge in [-0.25, -0.2) is 0 Å². The van der Waals surface area contributed by atoms with Crippen LogP contribution in [0.2, 0.25) is 0 Å².